The highest BCUT2D eigenvalue weighted by Gasteiger charge is 2.37. The third kappa shape index (κ3) is 4.82. The minimum atomic E-state index is -5.05. The van der Waals surface area contributed by atoms with Crippen LogP contribution in [0.3, 0.4) is 0 Å². The lowest BCUT2D eigenvalue weighted by molar-refractivity contribution is -0.384. The molecule has 14 heteroatoms. The van der Waals surface area contributed by atoms with Crippen molar-refractivity contribution in [2.45, 2.75) is 19.3 Å². The first-order chi connectivity index (χ1) is 16.2. The average molecular weight is 514 g/mol. The Labute approximate surface area is 195 Å². The van der Waals surface area contributed by atoms with Crippen LogP contribution < -0.4 is 5.32 Å². The zero-order valence-corrected chi connectivity index (χ0v) is 18.2. The molecule has 4 aromatic rings. The van der Waals surface area contributed by atoms with Crippen LogP contribution in [0.15, 0.2) is 48.7 Å². The zero-order valence-electron chi connectivity index (χ0n) is 17.4. The molecule has 1 N–H and O–H groups in total. The van der Waals surface area contributed by atoms with Gasteiger partial charge < -0.3 is 5.32 Å². The summed E-state index contributed by atoms with van der Waals surface area (Å²) in [6, 6.07) is 6.53. The van der Waals surface area contributed by atoms with E-state index >= 15 is 0 Å². The highest BCUT2D eigenvalue weighted by Crippen LogP contribution is 2.38. The molecule has 0 unspecified atom stereocenters. The molecule has 0 atom stereocenters. The molecule has 2 heterocycles. The molecular weight excluding hydrogens is 502 g/mol. The van der Waals surface area contributed by atoms with Crippen molar-refractivity contribution >= 4 is 33.6 Å². The fraction of sp³-hybridized carbons (Fsp3) is 0.143. The smallest absolute Gasteiger partial charge is 0.321 e. The van der Waals surface area contributed by atoms with Gasteiger partial charge >= 0.3 is 12.4 Å². The maximum Gasteiger partial charge on any atom is 0.416 e. The topological polar surface area (TPSA) is 89.5 Å². The van der Waals surface area contributed by atoms with Crippen molar-refractivity contribution in [3.63, 3.8) is 0 Å². The van der Waals surface area contributed by atoms with E-state index in [-0.39, 0.29) is 16.6 Å². The number of anilines is 1. The van der Waals surface area contributed by atoms with E-state index in [9.17, 15) is 41.3 Å². The number of aryl methyl sites for hydroxylation is 1. The minimum absolute atomic E-state index is 0.0177. The molecule has 0 aliphatic rings. The van der Waals surface area contributed by atoms with E-state index in [4.69, 9.17) is 0 Å². The van der Waals surface area contributed by atoms with Gasteiger partial charge in [-0.1, -0.05) is 23.5 Å². The molecule has 0 aliphatic carbocycles. The molecule has 0 fully saturated rings. The molecular formula is C21H12F6N4O3S. The SMILES string of the molecule is Cc1c(C(=O)Nc2cc(C(F)(F)F)cc(C(F)(F)F)c2)sc2nc(-c3cccc([N+](=O)[O-])c3)cn12. The molecule has 182 valence electrons. The van der Waals surface area contributed by atoms with Gasteiger partial charge in [-0.2, -0.15) is 26.3 Å². The summed E-state index contributed by atoms with van der Waals surface area (Å²) in [4.78, 5) is 27.8. The Balaban J connectivity index is 1.66. The number of fused-ring (bicyclic) bond motifs is 1. The molecule has 0 aliphatic heterocycles. The Morgan fingerprint density at radius 2 is 1.69 bits per heavy atom. The largest absolute Gasteiger partial charge is 0.416 e. The lowest BCUT2D eigenvalue weighted by atomic mass is 10.1. The Kier molecular flexibility index (Phi) is 5.79. The lowest BCUT2D eigenvalue weighted by Crippen LogP contribution is -2.16. The van der Waals surface area contributed by atoms with Crippen LogP contribution in [0.1, 0.15) is 26.5 Å². The lowest BCUT2D eigenvalue weighted by Gasteiger charge is -2.14. The predicted octanol–water partition coefficient (Wildman–Crippen LogP) is 6.57. The van der Waals surface area contributed by atoms with Crippen LogP contribution in [0.4, 0.5) is 37.7 Å². The number of halogens is 6. The number of thiazole rings is 1. The molecule has 2 aromatic heterocycles. The van der Waals surface area contributed by atoms with Crippen LogP contribution in [0.25, 0.3) is 16.2 Å². The van der Waals surface area contributed by atoms with Gasteiger partial charge in [-0.25, -0.2) is 4.98 Å². The highest BCUT2D eigenvalue weighted by molar-refractivity contribution is 7.19. The van der Waals surface area contributed by atoms with E-state index in [1.54, 1.807) is 6.07 Å². The third-order valence-electron chi connectivity index (χ3n) is 4.96. The highest BCUT2D eigenvalue weighted by atomic mass is 32.1. The van der Waals surface area contributed by atoms with Crippen molar-refractivity contribution in [2.75, 3.05) is 5.32 Å². The number of hydrogen-bond donors (Lipinski definition) is 1. The van der Waals surface area contributed by atoms with Crippen LogP contribution >= 0.6 is 11.3 Å². The molecule has 0 spiro atoms. The second-order valence-electron chi connectivity index (χ2n) is 7.35. The van der Waals surface area contributed by atoms with E-state index in [1.807, 2.05) is 0 Å². The number of carbonyl (C=O) groups is 1. The average Bonchev–Trinajstić information content (AvgIpc) is 3.32. The van der Waals surface area contributed by atoms with Crippen molar-refractivity contribution < 1.29 is 36.1 Å². The molecule has 35 heavy (non-hydrogen) atoms. The summed E-state index contributed by atoms with van der Waals surface area (Å²) in [7, 11) is 0. The number of imidazole rings is 1. The van der Waals surface area contributed by atoms with Gasteiger partial charge in [-0.05, 0) is 25.1 Å². The third-order valence-corrected chi connectivity index (χ3v) is 6.12. The second-order valence-corrected chi connectivity index (χ2v) is 8.33. The monoisotopic (exact) mass is 514 g/mol. The maximum atomic E-state index is 13.1. The molecule has 4 rings (SSSR count). The summed E-state index contributed by atoms with van der Waals surface area (Å²) in [6.45, 7) is 1.52. The van der Waals surface area contributed by atoms with Crippen LogP contribution in [-0.4, -0.2) is 20.2 Å². The molecule has 0 radical (unpaired) electrons. The minimum Gasteiger partial charge on any atom is -0.321 e. The zero-order chi connectivity index (χ0) is 25.7. The van der Waals surface area contributed by atoms with Gasteiger partial charge in [0.1, 0.15) is 4.88 Å². The van der Waals surface area contributed by atoms with Crippen molar-refractivity contribution in [3.8, 4) is 11.3 Å². The molecule has 0 bridgehead atoms. The van der Waals surface area contributed by atoms with Crippen LogP contribution in [0.5, 0.6) is 0 Å². The summed E-state index contributed by atoms with van der Waals surface area (Å²) in [5.41, 5.74) is -2.76. The van der Waals surface area contributed by atoms with E-state index in [2.05, 4.69) is 10.3 Å². The number of aromatic nitrogens is 2. The first kappa shape index (κ1) is 24.2. The van der Waals surface area contributed by atoms with Gasteiger partial charge in [0, 0.05) is 35.3 Å². The van der Waals surface area contributed by atoms with Gasteiger partial charge in [0.25, 0.3) is 11.6 Å². The number of hydrogen-bond acceptors (Lipinski definition) is 5. The molecule has 7 nitrogen and oxygen atoms in total. The van der Waals surface area contributed by atoms with E-state index in [1.165, 1.54) is 35.7 Å². The second kappa shape index (κ2) is 8.37. The molecule has 2 aromatic carbocycles. The quantitative estimate of drug-likeness (QED) is 0.190. The number of nitrogens with zero attached hydrogens (tertiary/aromatic N) is 3. The van der Waals surface area contributed by atoms with Crippen molar-refractivity contribution in [3.05, 3.63) is 80.5 Å². The van der Waals surface area contributed by atoms with Gasteiger partial charge in [0.05, 0.1) is 21.7 Å². The Morgan fingerprint density at radius 3 is 2.23 bits per heavy atom. The van der Waals surface area contributed by atoms with Crippen LogP contribution in [0.2, 0.25) is 0 Å². The van der Waals surface area contributed by atoms with Crippen molar-refractivity contribution in [1.29, 1.82) is 0 Å². The standard InChI is InChI=1S/C21H12F6N4O3S/c1-10-17(18(32)28-14-7-12(20(22,23)24)6-13(8-14)21(25,26)27)35-19-29-16(9-30(10)19)11-3-2-4-15(5-11)31(33)34/h2-9H,1H3,(H,28,32). The number of amides is 1. The summed E-state index contributed by atoms with van der Waals surface area (Å²) in [6.07, 6.45) is -8.59. The Morgan fingerprint density at radius 1 is 1.06 bits per heavy atom. The fourth-order valence-corrected chi connectivity index (χ4v) is 4.30. The van der Waals surface area contributed by atoms with Gasteiger partial charge in [-0.15, -0.1) is 0 Å². The van der Waals surface area contributed by atoms with Crippen LogP contribution in [-0.2, 0) is 12.4 Å². The van der Waals surface area contributed by atoms with Crippen molar-refractivity contribution in [2.24, 2.45) is 0 Å². The summed E-state index contributed by atoms with van der Waals surface area (Å²) >= 11 is 0.858. The number of nitrogens with one attached hydrogen (secondary N) is 1. The van der Waals surface area contributed by atoms with Gasteiger partial charge in [0.15, 0.2) is 4.96 Å². The summed E-state index contributed by atoms with van der Waals surface area (Å²) in [5.74, 6) is -0.914. The number of benzene rings is 2. The predicted molar refractivity (Wildman–Crippen MR) is 114 cm³/mol. The van der Waals surface area contributed by atoms with Gasteiger partial charge in [-0.3, -0.25) is 19.3 Å². The molecule has 1 amide bonds. The van der Waals surface area contributed by atoms with Crippen molar-refractivity contribution in [1.82, 2.24) is 9.38 Å². The Bertz CT molecular complexity index is 1440. The number of nitro groups is 1. The summed E-state index contributed by atoms with van der Waals surface area (Å²) < 4.78 is 80.0. The number of rotatable bonds is 4. The van der Waals surface area contributed by atoms with E-state index < -0.39 is 40.0 Å². The van der Waals surface area contributed by atoms with E-state index in [0.29, 0.717) is 34.0 Å². The normalized spacial score (nSPS) is 12.2. The van der Waals surface area contributed by atoms with Crippen LogP contribution in [0, 0.1) is 17.0 Å². The number of alkyl halides is 6. The van der Waals surface area contributed by atoms with E-state index in [0.717, 1.165) is 11.3 Å². The summed E-state index contributed by atoms with van der Waals surface area (Å²) in [5, 5.41) is 13.1. The van der Waals surface area contributed by atoms with Gasteiger partial charge in [0.2, 0.25) is 0 Å². The first-order valence-electron chi connectivity index (χ1n) is 9.58. The fourth-order valence-electron chi connectivity index (χ4n) is 3.29. The number of nitro benzene ring substituents is 1. The maximum absolute atomic E-state index is 13.1. The number of carbonyl (C=O) groups excluding carboxylic acids is 1. The molecule has 0 saturated heterocycles. The Hall–Kier alpha value is -3.94. The molecule has 0 saturated carbocycles. The first-order valence-corrected chi connectivity index (χ1v) is 10.4. The number of non-ortho nitro benzene ring substituents is 1.